The Balaban J connectivity index is 2.47. The molecule has 1 aromatic rings. The molecule has 0 saturated carbocycles. The number of hydrogen-bond donors (Lipinski definition) is 2. The number of rotatable bonds is 7. The lowest BCUT2D eigenvalue weighted by Crippen LogP contribution is -2.36. The SMILES string of the molecule is CN(C)C(=O)CC[C@H](CSc1ccccc1)NC(=O)O. The summed E-state index contributed by atoms with van der Waals surface area (Å²) in [4.78, 5) is 24.9. The predicted octanol–water partition coefficient (Wildman–Crippen LogP) is 2.28. The molecule has 1 rings (SSSR count). The van der Waals surface area contributed by atoms with Gasteiger partial charge < -0.3 is 15.3 Å². The number of hydrogen-bond acceptors (Lipinski definition) is 3. The summed E-state index contributed by atoms with van der Waals surface area (Å²) in [6.07, 6.45) is -0.211. The molecule has 0 radical (unpaired) electrons. The average Bonchev–Trinajstić information content (AvgIpc) is 2.42. The second-order valence-electron chi connectivity index (χ2n) is 4.60. The molecule has 0 bridgehead atoms. The number of nitrogens with zero attached hydrogens (tertiary/aromatic N) is 1. The normalized spacial score (nSPS) is 11.7. The van der Waals surface area contributed by atoms with Crippen molar-refractivity contribution in [2.24, 2.45) is 0 Å². The Bertz CT molecular complexity index is 437. The molecule has 0 saturated heterocycles. The van der Waals surface area contributed by atoms with E-state index in [1.165, 1.54) is 4.90 Å². The van der Waals surface area contributed by atoms with Gasteiger partial charge in [0.05, 0.1) is 0 Å². The molecule has 0 spiro atoms. The summed E-state index contributed by atoms with van der Waals surface area (Å²) in [5.41, 5.74) is 0. The highest BCUT2D eigenvalue weighted by molar-refractivity contribution is 7.99. The molecule has 0 aliphatic rings. The van der Waals surface area contributed by atoms with Crippen LogP contribution in [0.25, 0.3) is 0 Å². The molecule has 2 amide bonds. The van der Waals surface area contributed by atoms with Crippen molar-refractivity contribution in [3.8, 4) is 0 Å². The van der Waals surface area contributed by atoms with E-state index in [4.69, 9.17) is 5.11 Å². The summed E-state index contributed by atoms with van der Waals surface area (Å²) in [6, 6.07) is 9.55. The fraction of sp³-hybridized carbons (Fsp3) is 0.429. The molecule has 5 nitrogen and oxygen atoms in total. The lowest BCUT2D eigenvalue weighted by atomic mass is 10.1. The summed E-state index contributed by atoms with van der Waals surface area (Å²) >= 11 is 1.58. The molecule has 0 fully saturated rings. The molecule has 0 aliphatic carbocycles. The van der Waals surface area contributed by atoms with E-state index in [1.807, 2.05) is 30.3 Å². The van der Waals surface area contributed by atoms with Crippen LogP contribution in [-0.2, 0) is 4.79 Å². The van der Waals surface area contributed by atoms with Crippen molar-refractivity contribution in [3.05, 3.63) is 30.3 Å². The number of amides is 2. The number of carbonyl (C=O) groups excluding carboxylic acids is 1. The fourth-order valence-corrected chi connectivity index (χ4v) is 2.60. The van der Waals surface area contributed by atoms with Crippen LogP contribution in [0.1, 0.15) is 12.8 Å². The number of benzene rings is 1. The summed E-state index contributed by atoms with van der Waals surface area (Å²) in [7, 11) is 3.39. The van der Waals surface area contributed by atoms with Gasteiger partial charge in [0.15, 0.2) is 0 Å². The predicted molar refractivity (Wildman–Crippen MR) is 80.0 cm³/mol. The highest BCUT2D eigenvalue weighted by Crippen LogP contribution is 2.19. The van der Waals surface area contributed by atoms with Gasteiger partial charge in [0, 0.05) is 37.2 Å². The zero-order valence-corrected chi connectivity index (χ0v) is 12.5. The van der Waals surface area contributed by atoms with E-state index in [1.54, 1.807) is 25.9 Å². The first-order valence-corrected chi connectivity index (χ1v) is 7.35. The second kappa shape index (κ2) is 8.47. The van der Waals surface area contributed by atoms with Gasteiger partial charge in [0.1, 0.15) is 0 Å². The summed E-state index contributed by atoms with van der Waals surface area (Å²) < 4.78 is 0. The van der Waals surface area contributed by atoms with Gasteiger partial charge in [-0.2, -0.15) is 0 Å². The minimum Gasteiger partial charge on any atom is -0.465 e. The van der Waals surface area contributed by atoms with Crippen molar-refractivity contribution < 1.29 is 14.7 Å². The lowest BCUT2D eigenvalue weighted by Gasteiger charge is -2.17. The van der Waals surface area contributed by atoms with E-state index in [-0.39, 0.29) is 11.9 Å². The van der Waals surface area contributed by atoms with Gasteiger partial charge in [-0.3, -0.25) is 4.79 Å². The van der Waals surface area contributed by atoms with Crippen molar-refractivity contribution in [1.82, 2.24) is 10.2 Å². The monoisotopic (exact) mass is 296 g/mol. The Hall–Kier alpha value is -1.69. The van der Waals surface area contributed by atoms with Gasteiger partial charge in [-0.25, -0.2) is 4.79 Å². The number of carbonyl (C=O) groups is 2. The fourth-order valence-electron chi connectivity index (χ4n) is 1.61. The summed E-state index contributed by atoms with van der Waals surface area (Å²) in [5.74, 6) is 0.615. The van der Waals surface area contributed by atoms with Crippen molar-refractivity contribution in [2.75, 3.05) is 19.8 Å². The van der Waals surface area contributed by atoms with Crippen LogP contribution in [0.5, 0.6) is 0 Å². The molecule has 1 atom stereocenters. The van der Waals surface area contributed by atoms with Crippen LogP contribution in [0.3, 0.4) is 0 Å². The molecule has 0 unspecified atom stereocenters. The van der Waals surface area contributed by atoms with Crippen molar-refractivity contribution in [2.45, 2.75) is 23.8 Å². The minimum absolute atomic E-state index is 0.00639. The molecule has 110 valence electrons. The molecule has 1 aromatic carbocycles. The Labute approximate surface area is 123 Å². The average molecular weight is 296 g/mol. The maximum Gasteiger partial charge on any atom is 0.404 e. The Morgan fingerprint density at radius 2 is 1.95 bits per heavy atom. The zero-order valence-electron chi connectivity index (χ0n) is 11.7. The van der Waals surface area contributed by atoms with Crippen molar-refractivity contribution in [1.29, 1.82) is 0 Å². The van der Waals surface area contributed by atoms with Gasteiger partial charge in [-0.15, -0.1) is 11.8 Å². The van der Waals surface area contributed by atoms with E-state index in [0.717, 1.165) is 4.90 Å². The smallest absolute Gasteiger partial charge is 0.404 e. The van der Waals surface area contributed by atoms with Crippen molar-refractivity contribution >= 4 is 23.8 Å². The largest absolute Gasteiger partial charge is 0.465 e. The lowest BCUT2D eigenvalue weighted by molar-refractivity contribution is -0.128. The molecule has 6 heteroatoms. The van der Waals surface area contributed by atoms with Crippen LogP contribution in [0.2, 0.25) is 0 Å². The molecule has 2 N–H and O–H groups in total. The van der Waals surface area contributed by atoms with E-state index in [9.17, 15) is 9.59 Å². The van der Waals surface area contributed by atoms with Gasteiger partial charge in [-0.05, 0) is 18.6 Å². The topological polar surface area (TPSA) is 69.6 Å². The number of thioether (sulfide) groups is 1. The van der Waals surface area contributed by atoms with Crippen LogP contribution in [0.15, 0.2) is 35.2 Å². The third-order valence-corrected chi connectivity index (χ3v) is 3.90. The summed E-state index contributed by atoms with van der Waals surface area (Å²) in [6.45, 7) is 0. The summed E-state index contributed by atoms with van der Waals surface area (Å²) in [5, 5.41) is 11.3. The maximum absolute atomic E-state index is 11.6. The van der Waals surface area contributed by atoms with E-state index >= 15 is 0 Å². The molecular weight excluding hydrogens is 276 g/mol. The molecule has 20 heavy (non-hydrogen) atoms. The van der Waals surface area contributed by atoms with Crippen molar-refractivity contribution in [3.63, 3.8) is 0 Å². The standard InChI is InChI=1S/C14H20N2O3S/c1-16(2)13(17)9-8-11(15-14(18)19)10-20-12-6-4-3-5-7-12/h3-7,11,15H,8-10H2,1-2H3,(H,18,19)/t11-/m1/s1. The molecular formula is C14H20N2O3S. The Morgan fingerprint density at radius 3 is 2.50 bits per heavy atom. The van der Waals surface area contributed by atoms with Gasteiger partial charge >= 0.3 is 6.09 Å². The maximum atomic E-state index is 11.6. The molecule has 0 aliphatic heterocycles. The Kier molecular flexibility index (Phi) is 6.93. The van der Waals surface area contributed by atoms with E-state index < -0.39 is 6.09 Å². The quantitative estimate of drug-likeness (QED) is 0.757. The van der Waals surface area contributed by atoms with Gasteiger partial charge in [0.25, 0.3) is 0 Å². The Morgan fingerprint density at radius 1 is 1.30 bits per heavy atom. The van der Waals surface area contributed by atoms with Crippen LogP contribution in [-0.4, -0.2) is 47.9 Å². The first kappa shape index (κ1) is 16.4. The van der Waals surface area contributed by atoms with E-state index in [0.29, 0.717) is 18.6 Å². The van der Waals surface area contributed by atoms with Crippen LogP contribution in [0, 0.1) is 0 Å². The number of carboxylic acid groups (broad SMARTS) is 1. The highest BCUT2D eigenvalue weighted by atomic mass is 32.2. The third kappa shape index (κ3) is 6.47. The molecule has 0 heterocycles. The third-order valence-electron chi connectivity index (χ3n) is 2.73. The first-order valence-electron chi connectivity index (χ1n) is 6.36. The second-order valence-corrected chi connectivity index (χ2v) is 5.69. The van der Waals surface area contributed by atoms with Crippen LogP contribution >= 0.6 is 11.8 Å². The van der Waals surface area contributed by atoms with Gasteiger partial charge in [0.2, 0.25) is 5.91 Å². The van der Waals surface area contributed by atoms with Crippen LogP contribution < -0.4 is 5.32 Å². The zero-order chi connectivity index (χ0) is 15.0. The van der Waals surface area contributed by atoms with Crippen LogP contribution in [0.4, 0.5) is 4.79 Å². The van der Waals surface area contributed by atoms with E-state index in [2.05, 4.69) is 5.32 Å². The van der Waals surface area contributed by atoms with Gasteiger partial charge in [-0.1, -0.05) is 18.2 Å². The number of nitrogens with one attached hydrogen (secondary N) is 1. The minimum atomic E-state index is -1.05. The first-order chi connectivity index (χ1) is 9.49. The highest BCUT2D eigenvalue weighted by Gasteiger charge is 2.14. The molecule has 0 aromatic heterocycles.